The van der Waals surface area contributed by atoms with Crippen molar-refractivity contribution >= 4 is 5.91 Å². The predicted octanol–water partition coefficient (Wildman–Crippen LogP) is 1.88. The van der Waals surface area contributed by atoms with Crippen LogP contribution >= 0.6 is 0 Å². The second kappa shape index (κ2) is 6.16. The van der Waals surface area contributed by atoms with Crippen molar-refractivity contribution in [1.29, 1.82) is 0 Å². The Morgan fingerprint density at radius 2 is 2.05 bits per heavy atom. The largest absolute Gasteiger partial charge is 0.387 e. The molecule has 2 N–H and O–H groups in total. The van der Waals surface area contributed by atoms with E-state index in [-0.39, 0.29) is 17.5 Å². The van der Waals surface area contributed by atoms with Crippen LogP contribution in [0.15, 0.2) is 24.3 Å². The lowest BCUT2D eigenvalue weighted by atomic mass is 10.1. The summed E-state index contributed by atoms with van der Waals surface area (Å²) in [5, 5.41) is 13.5. The van der Waals surface area contributed by atoms with Crippen molar-refractivity contribution in [2.75, 3.05) is 13.1 Å². The molecule has 0 saturated heterocycles. The van der Waals surface area contributed by atoms with Gasteiger partial charge in [-0.15, -0.1) is 0 Å². The van der Waals surface area contributed by atoms with Crippen LogP contribution in [0.3, 0.4) is 0 Å². The molecule has 2 unspecified atom stereocenters. The molecule has 2 rings (SSSR count). The van der Waals surface area contributed by atoms with Crippen LogP contribution in [0.5, 0.6) is 0 Å². The molecule has 0 fully saturated rings. The normalized spacial score (nSPS) is 21.4. The molecule has 2 atom stereocenters. The molecule has 0 radical (unpaired) electrons. The van der Waals surface area contributed by atoms with Gasteiger partial charge < -0.3 is 10.4 Å². The molecule has 0 aromatic heterocycles. The number of carbonyl (C=O) groups is 1. The first-order valence-electron chi connectivity index (χ1n) is 7.62. The Morgan fingerprint density at radius 3 is 2.62 bits per heavy atom. The first-order chi connectivity index (χ1) is 9.81. The van der Waals surface area contributed by atoms with E-state index in [0.29, 0.717) is 6.54 Å². The fourth-order valence-corrected chi connectivity index (χ4v) is 2.99. The Kier molecular flexibility index (Phi) is 4.69. The van der Waals surface area contributed by atoms with Gasteiger partial charge in [0.2, 0.25) is 5.91 Å². The average Bonchev–Trinajstić information content (AvgIpc) is 2.72. The van der Waals surface area contributed by atoms with Crippen molar-refractivity contribution < 1.29 is 9.90 Å². The summed E-state index contributed by atoms with van der Waals surface area (Å²) in [7, 11) is 0. The third-order valence-corrected chi connectivity index (χ3v) is 3.90. The van der Waals surface area contributed by atoms with E-state index in [4.69, 9.17) is 0 Å². The highest BCUT2D eigenvalue weighted by molar-refractivity contribution is 5.78. The van der Waals surface area contributed by atoms with Crippen LogP contribution in [0.25, 0.3) is 0 Å². The summed E-state index contributed by atoms with van der Waals surface area (Å²) in [5.41, 5.74) is 1.95. The lowest BCUT2D eigenvalue weighted by Gasteiger charge is -2.31. The van der Waals surface area contributed by atoms with Gasteiger partial charge in [0.05, 0.1) is 12.6 Å². The molecular formula is C17H26N2O2. The third-order valence-electron chi connectivity index (χ3n) is 3.90. The maximum atomic E-state index is 12.1. The molecular weight excluding hydrogens is 264 g/mol. The Labute approximate surface area is 127 Å². The number of hydrogen-bond donors (Lipinski definition) is 2. The first-order valence-corrected chi connectivity index (χ1v) is 7.62. The zero-order valence-electron chi connectivity index (χ0n) is 13.4. The Hall–Kier alpha value is -1.39. The maximum Gasteiger partial charge on any atom is 0.234 e. The van der Waals surface area contributed by atoms with E-state index >= 15 is 0 Å². The number of hydrogen-bond acceptors (Lipinski definition) is 3. The van der Waals surface area contributed by atoms with Crippen molar-refractivity contribution in [3.8, 4) is 0 Å². The molecule has 21 heavy (non-hydrogen) atoms. The van der Waals surface area contributed by atoms with Gasteiger partial charge >= 0.3 is 0 Å². The number of rotatable bonds is 4. The molecule has 1 aliphatic carbocycles. The Balaban J connectivity index is 2.05. The van der Waals surface area contributed by atoms with E-state index in [1.807, 2.05) is 45.9 Å². The summed E-state index contributed by atoms with van der Waals surface area (Å²) in [5.74, 6) is 0.00695. The minimum atomic E-state index is -0.511. The van der Waals surface area contributed by atoms with E-state index in [1.165, 1.54) is 5.56 Å². The molecule has 1 amide bonds. The van der Waals surface area contributed by atoms with Crippen molar-refractivity contribution in [3.63, 3.8) is 0 Å². The van der Waals surface area contributed by atoms with Gasteiger partial charge in [-0.3, -0.25) is 9.69 Å². The van der Waals surface area contributed by atoms with Gasteiger partial charge in [-0.1, -0.05) is 31.2 Å². The van der Waals surface area contributed by atoms with Crippen LogP contribution in [0, 0.1) is 0 Å². The van der Waals surface area contributed by atoms with E-state index in [0.717, 1.165) is 18.5 Å². The fourth-order valence-electron chi connectivity index (χ4n) is 2.99. The maximum absolute atomic E-state index is 12.1. The van der Waals surface area contributed by atoms with Crippen LogP contribution in [-0.4, -0.2) is 40.6 Å². The lowest BCUT2D eigenvalue weighted by Crippen LogP contribution is -2.49. The highest BCUT2D eigenvalue weighted by atomic mass is 16.3. The van der Waals surface area contributed by atoms with Gasteiger partial charge in [0.1, 0.15) is 0 Å². The number of amides is 1. The summed E-state index contributed by atoms with van der Waals surface area (Å²) in [4.78, 5) is 14.2. The number of fused-ring (bicyclic) bond motifs is 1. The zero-order chi connectivity index (χ0) is 15.6. The summed E-state index contributed by atoms with van der Waals surface area (Å²) in [6.45, 7) is 9.02. The molecule has 0 saturated carbocycles. The summed E-state index contributed by atoms with van der Waals surface area (Å²) < 4.78 is 0. The number of aliphatic hydroxyl groups is 1. The molecule has 0 aliphatic heterocycles. The molecule has 4 nitrogen and oxygen atoms in total. The van der Waals surface area contributed by atoms with Gasteiger partial charge in [-0.25, -0.2) is 0 Å². The second-order valence-corrected chi connectivity index (χ2v) is 6.78. The quantitative estimate of drug-likeness (QED) is 0.890. The standard InChI is InChI=1S/C17H26N2O2/c1-5-19(11-15(20)18-17(2,3)4)14-10-12-8-6-7-9-13(12)16(14)21/h6-9,14,16,21H,5,10-11H2,1-4H3,(H,18,20). The number of carbonyl (C=O) groups excluding carboxylic acids is 1. The van der Waals surface area contributed by atoms with Crippen molar-refractivity contribution in [2.24, 2.45) is 0 Å². The Bertz CT molecular complexity index is 508. The molecule has 0 heterocycles. The number of nitrogens with zero attached hydrogens (tertiary/aromatic N) is 1. The first kappa shape index (κ1) is 16.0. The molecule has 4 heteroatoms. The van der Waals surface area contributed by atoms with Crippen LogP contribution in [-0.2, 0) is 11.2 Å². The minimum absolute atomic E-state index is 0.00695. The second-order valence-electron chi connectivity index (χ2n) is 6.78. The topological polar surface area (TPSA) is 52.6 Å². The van der Waals surface area contributed by atoms with Gasteiger partial charge in [0.25, 0.3) is 0 Å². The molecule has 0 spiro atoms. The molecule has 1 aromatic rings. The van der Waals surface area contributed by atoms with Crippen LogP contribution in [0.1, 0.15) is 44.9 Å². The van der Waals surface area contributed by atoms with Crippen molar-refractivity contribution in [1.82, 2.24) is 10.2 Å². The van der Waals surface area contributed by atoms with Gasteiger partial charge in [-0.05, 0) is 44.9 Å². The number of aliphatic hydroxyl groups excluding tert-OH is 1. The smallest absolute Gasteiger partial charge is 0.234 e. The van der Waals surface area contributed by atoms with E-state index in [1.54, 1.807) is 0 Å². The highest BCUT2D eigenvalue weighted by Gasteiger charge is 2.35. The van der Waals surface area contributed by atoms with Crippen molar-refractivity contribution in [3.05, 3.63) is 35.4 Å². The molecule has 1 aromatic carbocycles. The van der Waals surface area contributed by atoms with E-state index in [2.05, 4.69) is 16.3 Å². The van der Waals surface area contributed by atoms with Crippen LogP contribution in [0.2, 0.25) is 0 Å². The van der Waals surface area contributed by atoms with Crippen molar-refractivity contribution in [2.45, 2.75) is 51.8 Å². The number of benzene rings is 1. The van der Waals surface area contributed by atoms with Crippen LogP contribution < -0.4 is 5.32 Å². The fraction of sp³-hybridized carbons (Fsp3) is 0.588. The number of likely N-dealkylation sites (N-methyl/N-ethyl adjacent to an activating group) is 1. The third kappa shape index (κ3) is 3.83. The molecule has 0 bridgehead atoms. The zero-order valence-corrected chi connectivity index (χ0v) is 13.4. The average molecular weight is 290 g/mol. The number of nitrogens with one attached hydrogen (secondary N) is 1. The highest BCUT2D eigenvalue weighted by Crippen LogP contribution is 2.34. The SMILES string of the molecule is CCN(CC(=O)NC(C)(C)C)C1Cc2ccccc2C1O. The van der Waals surface area contributed by atoms with E-state index in [9.17, 15) is 9.90 Å². The molecule has 116 valence electrons. The Morgan fingerprint density at radius 1 is 1.38 bits per heavy atom. The lowest BCUT2D eigenvalue weighted by molar-refractivity contribution is -0.124. The molecule has 1 aliphatic rings. The summed E-state index contributed by atoms with van der Waals surface area (Å²) in [6, 6.07) is 7.96. The summed E-state index contributed by atoms with van der Waals surface area (Å²) in [6.07, 6.45) is 0.289. The minimum Gasteiger partial charge on any atom is -0.387 e. The monoisotopic (exact) mass is 290 g/mol. The van der Waals surface area contributed by atoms with Gasteiger partial charge in [0, 0.05) is 11.6 Å². The van der Waals surface area contributed by atoms with Crippen LogP contribution in [0.4, 0.5) is 0 Å². The predicted molar refractivity (Wildman–Crippen MR) is 84.0 cm³/mol. The van der Waals surface area contributed by atoms with Gasteiger partial charge in [-0.2, -0.15) is 0 Å². The van der Waals surface area contributed by atoms with Gasteiger partial charge in [0.15, 0.2) is 0 Å². The summed E-state index contributed by atoms with van der Waals surface area (Å²) >= 11 is 0. The van der Waals surface area contributed by atoms with E-state index < -0.39 is 6.10 Å².